The number of carboxylic acid groups (broad SMARTS) is 1. The van der Waals surface area contributed by atoms with Gasteiger partial charge in [0.1, 0.15) is 41.7 Å². The summed E-state index contributed by atoms with van der Waals surface area (Å²) >= 11 is 0. The van der Waals surface area contributed by atoms with Gasteiger partial charge in [0.15, 0.2) is 0 Å². The minimum Gasteiger partial charge on any atom is -0.488 e. The van der Waals surface area contributed by atoms with Crippen LogP contribution in [0.25, 0.3) is 11.0 Å². The maximum atomic E-state index is 14.1. The van der Waals surface area contributed by atoms with Crippen LogP contribution in [0.15, 0.2) is 45.6 Å². The average molecular weight is 635 g/mol. The second-order valence-corrected chi connectivity index (χ2v) is 8.72. The van der Waals surface area contributed by atoms with E-state index in [1.54, 1.807) is 0 Å². The summed E-state index contributed by atoms with van der Waals surface area (Å²) in [7, 11) is 4.19. The van der Waals surface area contributed by atoms with Gasteiger partial charge in [0.2, 0.25) is 12.1 Å². The van der Waals surface area contributed by atoms with Crippen molar-refractivity contribution < 1.29 is 66.3 Å². The summed E-state index contributed by atoms with van der Waals surface area (Å²) in [5, 5.41) is 14.6. The van der Waals surface area contributed by atoms with Gasteiger partial charge in [-0.15, -0.1) is 0 Å². The van der Waals surface area contributed by atoms with Gasteiger partial charge in [-0.1, -0.05) is 0 Å². The molecule has 2 aromatic carbocycles. The highest BCUT2D eigenvalue weighted by molar-refractivity contribution is 6.03. The summed E-state index contributed by atoms with van der Waals surface area (Å²) in [6.07, 6.45) is 0. The van der Waals surface area contributed by atoms with Crippen LogP contribution in [0.4, 0.5) is 15.8 Å². The summed E-state index contributed by atoms with van der Waals surface area (Å²) in [4.78, 5) is 72.2. The summed E-state index contributed by atoms with van der Waals surface area (Å²) < 4.78 is 49.0. The van der Waals surface area contributed by atoms with Crippen LogP contribution >= 0.6 is 0 Å². The highest BCUT2D eigenvalue weighted by Crippen LogP contribution is 2.32. The molecule has 0 unspecified atom stereocenters. The molecule has 1 aromatic heterocycles. The standard InChI is InChI=1S/C28H27FN2O14/c1-39-25(35)21(26(36)40-2)30-16-6-5-14(29)11-20(16)44-8-7-43-19-10-13-9-15(23(32)33)24(34)45-18(13)12-17(19)31-22(27(37)41-3)28(38)42-4/h5-6,9-12,21-22,30-31H,7-8H2,1-4H3,(H,32,33). The molecule has 0 saturated heterocycles. The zero-order chi connectivity index (χ0) is 33.3. The van der Waals surface area contributed by atoms with E-state index >= 15 is 0 Å². The summed E-state index contributed by atoms with van der Waals surface area (Å²) in [6, 6.07) is 3.46. The van der Waals surface area contributed by atoms with E-state index in [4.69, 9.17) is 13.9 Å². The van der Waals surface area contributed by atoms with Crippen LogP contribution in [0.2, 0.25) is 0 Å². The zero-order valence-corrected chi connectivity index (χ0v) is 24.2. The number of carbonyl (C=O) groups is 5. The van der Waals surface area contributed by atoms with Crippen molar-refractivity contribution in [3.8, 4) is 11.5 Å². The molecule has 3 rings (SSSR count). The molecule has 17 heteroatoms. The van der Waals surface area contributed by atoms with E-state index in [0.717, 1.165) is 46.6 Å². The van der Waals surface area contributed by atoms with Crippen molar-refractivity contribution in [2.75, 3.05) is 52.3 Å². The number of nitrogens with one attached hydrogen (secondary N) is 2. The molecule has 0 aliphatic rings. The number of benzene rings is 2. The second kappa shape index (κ2) is 15.0. The molecule has 0 spiro atoms. The number of esters is 4. The number of anilines is 2. The summed E-state index contributed by atoms with van der Waals surface area (Å²) in [6.45, 7) is -0.560. The Morgan fingerprint density at radius 1 is 0.756 bits per heavy atom. The average Bonchev–Trinajstić information content (AvgIpc) is 3.03. The van der Waals surface area contributed by atoms with Gasteiger partial charge in [-0.3, -0.25) is 0 Å². The molecule has 0 aliphatic heterocycles. The van der Waals surface area contributed by atoms with E-state index in [9.17, 15) is 38.3 Å². The topological polar surface area (TPSA) is 215 Å². The molecule has 240 valence electrons. The third kappa shape index (κ3) is 8.15. The lowest BCUT2D eigenvalue weighted by Gasteiger charge is -2.20. The third-order valence-electron chi connectivity index (χ3n) is 5.95. The van der Waals surface area contributed by atoms with Crippen molar-refractivity contribution in [1.29, 1.82) is 0 Å². The molecule has 1 heterocycles. The molecular weight excluding hydrogens is 607 g/mol. The number of methoxy groups -OCH3 is 4. The number of fused-ring (bicyclic) bond motifs is 1. The van der Waals surface area contributed by atoms with Gasteiger partial charge >= 0.3 is 35.5 Å². The Balaban J connectivity index is 1.91. The lowest BCUT2D eigenvalue weighted by molar-refractivity contribution is -0.154. The maximum Gasteiger partial charge on any atom is 0.351 e. The normalized spacial score (nSPS) is 10.6. The monoisotopic (exact) mass is 634 g/mol. The highest BCUT2D eigenvalue weighted by atomic mass is 19.1. The number of carbonyl (C=O) groups excluding carboxylic acids is 4. The second-order valence-electron chi connectivity index (χ2n) is 8.72. The van der Waals surface area contributed by atoms with Gasteiger partial charge in [-0.2, -0.15) is 0 Å². The fraction of sp³-hybridized carbons (Fsp3) is 0.286. The molecule has 3 aromatic rings. The van der Waals surface area contributed by atoms with Crippen LogP contribution in [-0.4, -0.2) is 88.7 Å². The van der Waals surface area contributed by atoms with Gasteiger partial charge in [-0.25, -0.2) is 33.2 Å². The Labute approximate surface area is 252 Å². The Kier molecular flexibility index (Phi) is 11.2. The Hall–Kier alpha value is -5.87. The van der Waals surface area contributed by atoms with Crippen molar-refractivity contribution in [1.82, 2.24) is 0 Å². The minimum atomic E-state index is -1.68. The van der Waals surface area contributed by atoms with Crippen LogP contribution in [-0.2, 0) is 38.1 Å². The number of hydrogen-bond acceptors (Lipinski definition) is 15. The van der Waals surface area contributed by atoms with Crippen molar-refractivity contribution in [2.24, 2.45) is 0 Å². The predicted octanol–water partition coefficient (Wildman–Crippen LogP) is 1.34. The van der Waals surface area contributed by atoms with Crippen molar-refractivity contribution in [3.63, 3.8) is 0 Å². The predicted molar refractivity (Wildman–Crippen MR) is 150 cm³/mol. The molecule has 0 atom stereocenters. The van der Waals surface area contributed by atoms with E-state index < -0.39 is 58.9 Å². The minimum absolute atomic E-state index is 0.0282. The molecular formula is C28H27FN2O14. The lowest BCUT2D eigenvalue weighted by Crippen LogP contribution is -2.39. The SMILES string of the molecule is COC(=O)C(Nc1ccc(F)cc1OCCOc1cc2cc(C(=O)O)c(=O)oc2cc1NC(C(=O)OC)C(=O)OC)C(=O)OC. The molecule has 0 fully saturated rings. The van der Waals surface area contributed by atoms with E-state index in [1.807, 2.05) is 0 Å². The molecule has 0 aliphatic carbocycles. The first-order chi connectivity index (χ1) is 21.4. The van der Waals surface area contributed by atoms with E-state index in [0.29, 0.717) is 0 Å². The van der Waals surface area contributed by atoms with Crippen LogP contribution in [0.1, 0.15) is 10.4 Å². The lowest BCUT2D eigenvalue weighted by atomic mass is 10.1. The quantitative estimate of drug-likeness (QED) is 0.0750. The van der Waals surface area contributed by atoms with Crippen molar-refractivity contribution >= 4 is 52.2 Å². The fourth-order valence-corrected chi connectivity index (χ4v) is 3.78. The number of rotatable bonds is 14. The van der Waals surface area contributed by atoms with Gasteiger partial charge in [-0.05, 0) is 24.3 Å². The summed E-state index contributed by atoms with van der Waals surface area (Å²) in [5.74, 6) is -6.45. The summed E-state index contributed by atoms with van der Waals surface area (Å²) in [5.41, 5.74) is -1.97. The first kappa shape index (κ1) is 33.6. The van der Waals surface area contributed by atoms with Crippen LogP contribution in [0, 0.1) is 5.82 Å². The molecule has 45 heavy (non-hydrogen) atoms. The van der Waals surface area contributed by atoms with Gasteiger partial charge in [0.05, 0.1) is 39.8 Å². The number of halogens is 1. The highest BCUT2D eigenvalue weighted by Gasteiger charge is 2.31. The van der Waals surface area contributed by atoms with E-state index in [2.05, 4.69) is 29.6 Å². The molecule has 0 bridgehead atoms. The molecule has 0 saturated carbocycles. The van der Waals surface area contributed by atoms with Gasteiger partial charge in [0.25, 0.3) is 0 Å². The zero-order valence-electron chi connectivity index (χ0n) is 24.2. The molecule has 0 amide bonds. The van der Waals surface area contributed by atoms with Crippen LogP contribution < -0.4 is 25.7 Å². The van der Waals surface area contributed by atoms with Gasteiger partial charge < -0.3 is 48.6 Å². The molecule has 0 radical (unpaired) electrons. The number of carboxylic acids is 1. The van der Waals surface area contributed by atoms with Crippen molar-refractivity contribution in [3.05, 3.63) is 58.2 Å². The molecule has 3 N–H and O–H groups in total. The molecule has 16 nitrogen and oxygen atoms in total. The number of aromatic carboxylic acids is 1. The Bertz CT molecular complexity index is 1640. The third-order valence-corrected chi connectivity index (χ3v) is 5.95. The smallest absolute Gasteiger partial charge is 0.351 e. The first-order valence-electron chi connectivity index (χ1n) is 12.7. The Morgan fingerprint density at radius 3 is 1.73 bits per heavy atom. The van der Waals surface area contributed by atoms with E-state index in [1.165, 1.54) is 18.2 Å². The Morgan fingerprint density at radius 2 is 1.24 bits per heavy atom. The number of hydrogen-bond donors (Lipinski definition) is 3. The van der Waals surface area contributed by atoms with Crippen molar-refractivity contribution in [2.45, 2.75) is 12.1 Å². The largest absolute Gasteiger partial charge is 0.488 e. The fourth-order valence-electron chi connectivity index (χ4n) is 3.78. The first-order valence-corrected chi connectivity index (χ1v) is 12.7. The van der Waals surface area contributed by atoms with Crippen LogP contribution in [0.5, 0.6) is 11.5 Å². The maximum absolute atomic E-state index is 14.1. The van der Waals surface area contributed by atoms with Gasteiger partial charge in [0, 0.05) is 17.5 Å². The van der Waals surface area contributed by atoms with E-state index in [-0.39, 0.29) is 47.1 Å². The number of ether oxygens (including phenoxy) is 6. The van der Waals surface area contributed by atoms with Crippen LogP contribution in [0.3, 0.4) is 0 Å².